The zero-order chi connectivity index (χ0) is 22.1. The molecule has 1 aliphatic rings. The fraction of sp³-hybridized carbons (Fsp3) is 0.435. The van der Waals surface area contributed by atoms with Crippen LogP contribution in [0.25, 0.3) is 0 Å². The Hall–Kier alpha value is -2.56. The summed E-state index contributed by atoms with van der Waals surface area (Å²) in [4.78, 5) is 4.69. The van der Waals surface area contributed by atoms with E-state index in [4.69, 9.17) is 28.7 Å². The van der Waals surface area contributed by atoms with Crippen molar-refractivity contribution in [3.8, 4) is 28.7 Å². The van der Waals surface area contributed by atoms with Crippen molar-refractivity contribution < 1.29 is 23.7 Å². The number of halogens is 1. The predicted octanol–water partition coefficient (Wildman–Crippen LogP) is 3.40. The van der Waals surface area contributed by atoms with E-state index in [1.165, 1.54) is 5.56 Å². The Morgan fingerprint density at radius 3 is 2.44 bits per heavy atom. The largest absolute Gasteiger partial charge is 0.493 e. The van der Waals surface area contributed by atoms with Crippen LogP contribution in [0.4, 0.5) is 0 Å². The Morgan fingerprint density at radius 2 is 1.72 bits per heavy atom. The molecule has 0 atom stereocenters. The van der Waals surface area contributed by atoms with Gasteiger partial charge in [0.2, 0.25) is 12.5 Å². The summed E-state index contributed by atoms with van der Waals surface area (Å²) >= 11 is 0. The van der Waals surface area contributed by atoms with Crippen LogP contribution in [0.15, 0.2) is 35.3 Å². The van der Waals surface area contributed by atoms with Crippen molar-refractivity contribution >= 4 is 29.9 Å². The van der Waals surface area contributed by atoms with Gasteiger partial charge >= 0.3 is 0 Å². The molecule has 1 aliphatic heterocycles. The van der Waals surface area contributed by atoms with Crippen LogP contribution in [0, 0.1) is 0 Å². The first-order valence-electron chi connectivity index (χ1n) is 10.4. The van der Waals surface area contributed by atoms with E-state index >= 15 is 0 Å². The number of nitrogens with one attached hydrogen (secondary N) is 2. The number of guanidine groups is 1. The third kappa shape index (κ3) is 6.47. The van der Waals surface area contributed by atoms with Gasteiger partial charge < -0.3 is 34.3 Å². The second-order valence-electron chi connectivity index (χ2n) is 6.87. The van der Waals surface area contributed by atoms with Crippen molar-refractivity contribution in [1.82, 2.24) is 10.6 Å². The van der Waals surface area contributed by atoms with Gasteiger partial charge in [-0.05, 0) is 43.5 Å². The lowest BCUT2D eigenvalue weighted by Gasteiger charge is -2.15. The molecule has 2 aromatic rings. The lowest BCUT2D eigenvalue weighted by molar-refractivity contribution is 0.174. The number of benzene rings is 2. The molecule has 2 aromatic carbocycles. The van der Waals surface area contributed by atoms with Gasteiger partial charge in [0, 0.05) is 25.2 Å². The summed E-state index contributed by atoms with van der Waals surface area (Å²) in [5.74, 6) is 4.31. The van der Waals surface area contributed by atoms with E-state index in [0.29, 0.717) is 37.0 Å². The summed E-state index contributed by atoms with van der Waals surface area (Å²) < 4.78 is 27.2. The summed E-state index contributed by atoms with van der Waals surface area (Å²) in [7, 11) is 4.85. The van der Waals surface area contributed by atoms with Gasteiger partial charge in [0.1, 0.15) is 0 Å². The van der Waals surface area contributed by atoms with Crippen LogP contribution < -0.4 is 34.3 Å². The monoisotopic (exact) mass is 557 g/mol. The first kappa shape index (κ1) is 25.7. The minimum absolute atomic E-state index is 0. The topological polar surface area (TPSA) is 82.6 Å². The molecule has 0 fully saturated rings. The van der Waals surface area contributed by atoms with E-state index in [1.54, 1.807) is 21.3 Å². The first-order valence-corrected chi connectivity index (χ1v) is 10.4. The quantitative estimate of drug-likeness (QED) is 0.263. The van der Waals surface area contributed by atoms with Crippen molar-refractivity contribution in [2.45, 2.75) is 19.8 Å². The van der Waals surface area contributed by atoms with Crippen molar-refractivity contribution in [2.24, 2.45) is 4.99 Å². The third-order valence-electron chi connectivity index (χ3n) is 4.92. The van der Waals surface area contributed by atoms with E-state index in [2.05, 4.69) is 16.7 Å². The number of aliphatic imine (C=N–C) groups is 1. The number of hydrogen-bond donors (Lipinski definition) is 2. The number of hydrogen-bond acceptors (Lipinski definition) is 6. The van der Waals surface area contributed by atoms with Gasteiger partial charge in [-0.1, -0.05) is 12.1 Å². The Bertz CT molecular complexity index is 907. The number of nitrogens with zero attached hydrogens (tertiary/aromatic N) is 1. The minimum Gasteiger partial charge on any atom is -0.493 e. The third-order valence-corrected chi connectivity index (χ3v) is 4.92. The second-order valence-corrected chi connectivity index (χ2v) is 6.87. The van der Waals surface area contributed by atoms with Gasteiger partial charge in [-0.3, -0.25) is 4.99 Å². The van der Waals surface area contributed by atoms with Gasteiger partial charge in [0.05, 0.1) is 21.3 Å². The van der Waals surface area contributed by atoms with Crippen molar-refractivity contribution in [3.63, 3.8) is 0 Å². The molecule has 0 spiro atoms. The van der Waals surface area contributed by atoms with Crippen LogP contribution in [0.1, 0.15) is 18.1 Å². The molecule has 0 saturated heterocycles. The number of fused-ring (bicyclic) bond motifs is 1. The highest BCUT2D eigenvalue weighted by atomic mass is 127. The normalized spacial score (nSPS) is 12.1. The fourth-order valence-electron chi connectivity index (χ4n) is 3.41. The molecule has 0 aliphatic carbocycles. The maximum Gasteiger partial charge on any atom is 0.231 e. The molecule has 3 rings (SSSR count). The molecular weight excluding hydrogens is 525 g/mol. The van der Waals surface area contributed by atoms with Crippen LogP contribution in [0.3, 0.4) is 0 Å². The smallest absolute Gasteiger partial charge is 0.231 e. The van der Waals surface area contributed by atoms with Gasteiger partial charge in [0.25, 0.3) is 0 Å². The molecule has 0 amide bonds. The highest BCUT2D eigenvalue weighted by molar-refractivity contribution is 14.0. The lowest BCUT2D eigenvalue weighted by atomic mass is 10.1. The van der Waals surface area contributed by atoms with Gasteiger partial charge in [-0.25, -0.2) is 0 Å². The summed E-state index contributed by atoms with van der Waals surface area (Å²) in [6.07, 6.45) is 1.56. The zero-order valence-corrected chi connectivity index (χ0v) is 21.4. The van der Waals surface area contributed by atoms with E-state index < -0.39 is 0 Å². The van der Waals surface area contributed by atoms with Crippen LogP contribution >= 0.6 is 24.0 Å². The van der Waals surface area contributed by atoms with E-state index in [1.807, 2.05) is 31.2 Å². The highest BCUT2D eigenvalue weighted by Gasteiger charge is 2.15. The summed E-state index contributed by atoms with van der Waals surface area (Å²) in [5, 5.41) is 6.67. The van der Waals surface area contributed by atoms with Crippen LogP contribution in [0.5, 0.6) is 28.7 Å². The van der Waals surface area contributed by atoms with E-state index in [0.717, 1.165) is 42.5 Å². The van der Waals surface area contributed by atoms with E-state index in [9.17, 15) is 0 Å². The number of methoxy groups -OCH3 is 3. The second kappa shape index (κ2) is 13.1. The SMILES string of the molecule is CCNC(=NCCc1ccc(OC)c(OC)c1OC)NCCc1ccc2c(c1)OCO2.I. The predicted molar refractivity (Wildman–Crippen MR) is 135 cm³/mol. The lowest BCUT2D eigenvalue weighted by Crippen LogP contribution is -2.38. The number of rotatable bonds is 10. The molecular formula is C23H32IN3O5. The van der Waals surface area contributed by atoms with Crippen molar-refractivity contribution in [3.05, 3.63) is 41.5 Å². The molecule has 176 valence electrons. The fourth-order valence-corrected chi connectivity index (χ4v) is 3.41. The summed E-state index contributed by atoms with van der Waals surface area (Å²) in [6, 6.07) is 9.90. The Balaban J connectivity index is 0.00000363. The Morgan fingerprint density at radius 1 is 0.938 bits per heavy atom. The molecule has 0 radical (unpaired) electrons. The van der Waals surface area contributed by atoms with Gasteiger partial charge in [-0.2, -0.15) is 0 Å². The standard InChI is InChI=1S/C23H31N3O5.HI/c1-5-24-23(25-12-10-16-6-8-18-20(14-16)31-15-30-18)26-13-11-17-7-9-19(27-2)22(29-4)21(17)28-3;/h6-9,14H,5,10-13,15H2,1-4H3,(H2,24,25,26);1H. The zero-order valence-electron chi connectivity index (χ0n) is 19.0. The summed E-state index contributed by atoms with van der Waals surface area (Å²) in [5.41, 5.74) is 2.20. The maximum atomic E-state index is 5.56. The van der Waals surface area contributed by atoms with Crippen LogP contribution in [0.2, 0.25) is 0 Å². The van der Waals surface area contributed by atoms with Crippen molar-refractivity contribution in [2.75, 3.05) is 47.8 Å². The Kier molecular flexibility index (Phi) is 10.5. The highest BCUT2D eigenvalue weighted by Crippen LogP contribution is 2.39. The molecule has 2 N–H and O–H groups in total. The molecule has 1 heterocycles. The first-order chi connectivity index (χ1) is 15.2. The molecule has 32 heavy (non-hydrogen) atoms. The Labute approximate surface area is 206 Å². The number of ether oxygens (including phenoxy) is 5. The van der Waals surface area contributed by atoms with Crippen LogP contribution in [-0.2, 0) is 12.8 Å². The molecule has 8 nitrogen and oxygen atoms in total. The maximum absolute atomic E-state index is 5.56. The average molecular weight is 557 g/mol. The molecule has 0 unspecified atom stereocenters. The minimum atomic E-state index is 0. The van der Waals surface area contributed by atoms with Crippen LogP contribution in [-0.4, -0.2) is 53.7 Å². The molecule has 0 aromatic heterocycles. The van der Waals surface area contributed by atoms with Gasteiger partial charge in [0.15, 0.2) is 29.0 Å². The molecule has 9 heteroatoms. The average Bonchev–Trinajstić information content (AvgIpc) is 3.26. The molecule has 0 bridgehead atoms. The summed E-state index contributed by atoms with van der Waals surface area (Å²) in [6.45, 7) is 4.48. The van der Waals surface area contributed by atoms with Crippen molar-refractivity contribution in [1.29, 1.82) is 0 Å². The van der Waals surface area contributed by atoms with E-state index in [-0.39, 0.29) is 24.0 Å². The molecule has 0 saturated carbocycles. The van der Waals surface area contributed by atoms with Gasteiger partial charge in [-0.15, -0.1) is 24.0 Å².